The van der Waals surface area contributed by atoms with Gasteiger partial charge in [0.1, 0.15) is 0 Å². The second-order valence-corrected chi connectivity index (χ2v) is 3.48. The van der Waals surface area contributed by atoms with E-state index in [9.17, 15) is 4.79 Å². The van der Waals surface area contributed by atoms with E-state index in [1.54, 1.807) is 4.90 Å². The van der Waals surface area contributed by atoms with E-state index in [2.05, 4.69) is 0 Å². The SMILES string of the molecule is CCOC(=O)N1CCC(Cl)CC1. The summed E-state index contributed by atoms with van der Waals surface area (Å²) in [6.07, 6.45) is 1.54. The van der Waals surface area contributed by atoms with E-state index in [1.165, 1.54) is 0 Å². The molecule has 12 heavy (non-hydrogen) atoms. The lowest BCUT2D eigenvalue weighted by Crippen LogP contribution is -2.39. The molecular weight excluding hydrogens is 178 g/mol. The molecule has 1 aliphatic heterocycles. The van der Waals surface area contributed by atoms with Crippen molar-refractivity contribution in [2.24, 2.45) is 0 Å². The molecule has 0 aromatic carbocycles. The Hall–Kier alpha value is -0.440. The Bertz CT molecular complexity index is 155. The van der Waals surface area contributed by atoms with Crippen LogP contribution in [0.4, 0.5) is 4.79 Å². The van der Waals surface area contributed by atoms with Gasteiger partial charge in [-0.1, -0.05) is 0 Å². The first-order valence-electron chi connectivity index (χ1n) is 4.29. The molecule has 1 heterocycles. The van der Waals surface area contributed by atoms with Gasteiger partial charge in [0.15, 0.2) is 0 Å². The standard InChI is InChI=1S/C8H14ClNO2/c1-2-12-8(11)10-5-3-7(9)4-6-10/h7H,2-6H2,1H3. The number of nitrogens with zero attached hydrogens (tertiary/aromatic N) is 1. The van der Waals surface area contributed by atoms with Gasteiger partial charge < -0.3 is 9.64 Å². The topological polar surface area (TPSA) is 29.5 Å². The lowest BCUT2D eigenvalue weighted by atomic mass is 10.1. The Kier molecular flexibility index (Phi) is 3.66. The number of alkyl halides is 1. The van der Waals surface area contributed by atoms with E-state index < -0.39 is 0 Å². The van der Waals surface area contributed by atoms with Crippen molar-refractivity contribution in [2.45, 2.75) is 25.1 Å². The molecule has 3 nitrogen and oxygen atoms in total. The Balaban J connectivity index is 2.29. The zero-order chi connectivity index (χ0) is 8.97. The average Bonchev–Trinajstić information content (AvgIpc) is 2.06. The molecule has 4 heteroatoms. The minimum atomic E-state index is -0.207. The molecule has 0 aromatic rings. The van der Waals surface area contributed by atoms with Gasteiger partial charge >= 0.3 is 6.09 Å². The van der Waals surface area contributed by atoms with E-state index >= 15 is 0 Å². The Morgan fingerprint density at radius 1 is 1.58 bits per heavy atom. The molecule has 0 N–H and O–H groups in total. The van der Waals surface area contributed by atoms with Gasteiger partial charge in [-0.05, 0) is 19.8 Å². The number of rotatable bonds is 1. The molecule has 0 saturated carbocycles. The second kappa shape index (κ2) is 4.55. The van der Waals surface area contributed by atoms with Crippen molar-refractivity contribution < 1.29 is 9.53 Å². The average molecular weight is 192 g/mol. The molecule has 0 spiro atoms. The summed E-state index contributed by atoms with van der Waals surface area (Å²) in [6, 6.07) is 0. The number of hydrogen-bond acceptors (Lipinski definition) is 2. The van der Waals surface area contributed by atoms with E-state index in [1.807, 2.05) is 6.92 Å². The quantitative estimate of drug-likeness (QED) is 0.592. The predicted molar refractivity (Wildman–Crippen MR) is 47.5 cm³/mol. The van der Waals surface area contributed by atoms with Crippen molar-refractivity contribution in [3.05, 3.63) is 0 Å². The third-order valence-electron chi connectivity index (χ3n) is 1.95. The van der Waals surface area contributed by atoms with E-state index in [-0.39, 0.29) is 11.5 Å². The molecule has 1 saturated heterocycles. The maximum atomic E-state index is 11.2. The number of halogens is 1. The molecule has 1 fully saturated rings. The molecule has 1 amide bonds. The van der Waals surface area contributed by atoms with Crippen molar-refractivity contribution in [2.75, 3.05) is 19.7 Å². The number of piperidine rings is 1. The van der Waals surface area contributed by atoms with Gasteiger partial charge in [-0.15, -0.1) is 11.6 Å². The van der Waals surface area contributed by atoms with Gasteiger partial charge in [0.05, 0.1) is 6.61 Å². The summed E-state index contributed by atoms with van der Waals surface area (Å²) in [7, 11) is 0. The highest BCUT2D eigenvalue weighted by Gasteiger charge is 2.21. The number of carbonyl (C=O) groups is 1. The second-order valence-electron chi connectivity index (χ2n) is 2.86. The molecule has 0 unspecified atom stereocenters. The lowest BCUT2D eigenvalue weighted by Gasteiger charge is -2.28. The first-order valence-corrected chi connectivity index (χ1v) is 4.73. The van der Waals surface area contributed by atoms with Gasteiger partial charge in [0, 0.05) is 18.5 Å². The van der Waals surface area contributed by atoms with Crippen LogP contribution in [0.2, 0.25) is 0 Å². The van der Waals surface area contributed by atoms with Crippen LogP contribution in [0, 0.1) is 0 Å². The maximum Gasteiger partial charge on any atom is 0.409 e. The number of hydrogen-bond donors (Lipinski definition) is 0. The maximum absolute atomic E-state index is 11.2. The van der Waals surface area contributed by atoms with Crippen LogP contribution in [-0.4, -0.2) is 36.1 Å². The highest BCUT2D eigenvalue weighted by Crippen LogP contribution is 2.15. The Labute approximate surface area is 77.6 Å². The Morgan fingerprint density at radius 3 is 2.67 bits per heavy atom. The van der Waals surface area contributed by atoms with Crippen LogP contribution >= 0.6 is 11.6 Å². The predicted octanol–water partition coefficient (Wildman–Crippen LogP) is 1.85. The smallest absolute Gasteiger partial charge is 0.409 e. The van der Waals surface area contributed by atoms with Crippen molar-refractivity contribution in [3.8, 4) is 0 Å². The van der Waals surface area contributed by atoms with Crippen molar-refractivity contribution in [3.63, 3.8) is 0 Å². The molecule has 0 aliphatic carbocycles. The molecule has 70 valence electrons. The molecule has 0 bridgehead atoms. The zero-order valence-corrected chi connectivity index (χ0v) is 8.01. The van der Waals surface area contributed by atoms with Crippen molar-refractivity contribution in [1.82, 2.24) is 4.90 Å². The molecule has 1 aliphatic rings. The fourth-order valence-corrected chi connectivity index (χ4v) is 1.44. The molecule has 1 rings (SSSR count). The van der Waals surface area contributed by atoms with Crippen LogP contribution in [0.1, 0.15) is 19.8 Å². The first-order chi connectivity index (χ1) is 5.74. The van der Waals surface area contributed by atoms with Crippen LogP contribution in [0.3, 0.4) is 0 Å². The summed E-state index contributed by atoms with van der Waals surface area (Å²) < 4.78 is 4.86. The Morgan fingerprint density at radius 2 is 2.17 bits per heavy atom. The summed E-state index contributed by atoms with van der Waals surface area (Å²) in [5.74, 6) is 0. The highest BCUT2D eigenvalue weighted by molar-refractivity contribution is 6.20. The normalized spacial score (nSPS) is 19.3. The fourth-order valence-electron chi connectivity index (χ4n) is 1.25. The molecular formula is C8H14ClNO2. The summed E-state index contributed by atoms with van der Waals surface area (Å²) in [6.45, 7) is 3.71. The molecule has 0 radical (unpaired) electrons. The number of likely N-dealkylation sites (tertiary alicyclic amines) is 1. The van der Waals surface area contributed by atoms with E-state index in [0.29, 0.717) is 6.61 Å². The van der Waals surface area contributed by atoms with Crippen LogP contribution in [0.5, 0.6) is 0 Å². The van der Waals surface area contributed by atoms with Gasteiger partial charge in [0.25, 0.3) is 0 Å². The van der Waals surface area contributed by atoms with Crippen LogP contribution in [0.25, 0.3) is 0 Å². The summed E-state index contributed by atoms with van der Waals surface area (Å²) in [4.78, 5) is 12.9. The molecule has 0 atom stereocenters. The van der Waals surface area contributed by atoms with Crippen LogP contribution in [0.15, 0.2) is 0 Å². The highest BCUT2D eigenvalue weighted by atomic mass is 35.5. The summed E-state index contributed by atoms with van der Waals surface area (Å²) in [5, 5.41) is 0.232. The van der Waals surface area contributed by atoms with Gasteiger partial charge in [-0.25, -0.2) is 4.79 Å². The van der Waals surface area contributed by atoms with E-state index in [0.717, 1.165) is 25.9 Å². The van der Waals surface area contributed by atoms with Crippen molar-refractivity contribution in [1.29, 1.82) is 0 Å². The minimum absolute atomic E-state index is 0.207. The number of carbonyl (C=O) groups excluding carboxylic acids is 1. The third kappa shape index (κ3) is 2.55. The van der Waals surface area contributed by atoms with Crippen LogP contribution < -0.4 is 0 Å². The monoisotopic (exact) mass is 191 g/mol. The molecule has 0 aromatic heterocycles. The first kappa shape index (κ1) is 9.65. The lowest BCUT2D eigenvalue weighted by molar-refractivity contribution is 0.100. The van der Waals surface area contributed by atoms with Gasteiger partial charge in [0.2, 0.25) is 0 Å². The fraction of sp³-hybridized carbons (Fsp3) is 0.875. The van der Waals surface area contributed by atoms with Gasteiger partial charge in [-0.3, -0.25) is 0 Å². The van der Waals surface area contributed by atoms with E-state index in [4.69, 9.17) is 16.3 Å². The van der Waals surface area contributed by atoms with Gasteiger partial charge in [-0.2, -0.15) is 0 Å². The summed E-state index contributed by atoms with van der Waals surface area (Å²) in [5.41, 5.74) is 0. The summed E-state index contributed by atoms with van der Waals surface area (Å²) >= 11 is 5.88. The minimum Gasteiger partial charge on any atom is -0.450 e. The number of amides is 1. The van der Waals surface area contributed by atoms with Crippen molar-refractivity contribution >= 4 is 17.7 Å². The van der Waals surface area contributed by atoms with Crippen LogP contribution in [-0.2, 0) is 4.74 Å². The zero-order valence-electron chi connectivity index (χ0n) is 7.25. The largest absolute Gasteiger partial charge is 0.450 e. The number of ether oxygens (including phenoxy) is 1. The third-order valence-corrected chi connectivity index (χ3v) is 2.39.